The number of hydrogen-bond acceptors (Lipinski definition) is 5. The van der Waals surface area contributed by atoms with Gasteiger partial charge in [-0.25, -0.2) is 4.79 Å². The molecule has 0 fully saturated rings. The number of amides is 1. The van der Waals surface area contributed by atoms with Crippen molar-refractivity contribution in [3.63, 3.8) is 0 Å². The van der Waals surface area contributed by atoms with E-state index in [0.717, 1.165) is 43.4 Å². The van der Waals surface area contributed by atoms with Gasteiger partial charge in [0.25, 0.3) is 0 Å². The molecule has 1 N–H and O–H groups in total. The van der Waals surface area contributed by atoms with Gasteiger partial charge in [0.05, 0.1) is 12.7 Å². The third-order valence-electron chi connectivity index (χ3n) is 4.62. The number of esters is 1. The van der Waals surface area contributed by atoms with Crippen molar-refractivity contribution in [2.45, 2.75) is 49.8 Å². The molecule has 0 atom stereocenters. The van der Waals surface area contributed by atoms with Crippen LogP contribution in [0.1, 0.15) is 52.9 Å². The zero-order chi connectivity index (χ0) is 19.1. The number of methoxy groups -OCH3 is 1. The van der Waals surface area contributed by atoms with Crippen molar-refractivity contribution in [1.82, 2.24) is 0 Å². The normalized spacial score (nSPS) is 13.5. The lowest BCUT2D eigenvalue weighted by atomic mass is 10.1. The average molecular weight is 404 g/mol. The molecular weight excluding hydrogens is 378 g/mol. The number of anilines is 1. The van der Waals surface area contributed by atoms with Gasteiger partial charge in [0.2, 0.25) is 5.91 Å². The number of carbonyl (C=O) groups excluding carboxylic acids is 2. The highest BCUT2D eigenvalue weighted by Crippen LogP contribution is 2.38. The Morgan fingerprint density at radius 2 is 1.93 bits per heavy atom. The standard InChI is InChI=1S/C21H25NO3S2/c1-25-21(24)19-16-11-6-3-7-12-17(16)27-20(19)22-18(23)13-8-14-26-15-9-4-2-5-10-15/h2,4-5,9-10H,3,6-8,11-14H2,1H3,(H,22,23). The van der Waals surface area contributed by atoms with Gasteiger partial charge in [-0.15, -0.1) is 23.1 Å². The van der Waals surface area contributed by atoms with Crippen LogP contribution in [0.5, 0.6) is 0 Å². The fraction of sp³-hybridized carbons (Fsp3) is 0.429. The number of ether oxygens (including phenoxy) is 1. The fourth-order valence-electron chi connectivity index (χ4n) is 3.28. The number of benzene rings is 1. The summed E-state index contributed by atoms with van der Waals surface area (Å²) in [7, 11) is 1.40. The van der Waals surface area contributed by atoms with Gasteiger partial charge in [0, 0.05) is 16.2 Å². The second-order valence-electron chi connectivity index (χ2n) is 6.57. The van der Waals surface area contributed by atoms with Crippen LogP contribution in [0.2, 0.25) is 0 Å². The van der Waals surface area contributed by atoms with Crippen LogP contribution in [0.15, 0.2) is 35.2 Å². The number of hydrogen-bond donors (Lipinski definition) is 1. The van der Waals surface area contributed by atoms with E-state index >= 15 is 0 Å². The largest absolute Gasteiger partial charge is 0.465 e. The van der Waals surface area contributed by atoms with Gasteiger partial charge in [-0.05, 0) is 55.6 Å². The first-order valence-corrected chi connectivity index (χ1v) is 11.2. The van der Waals surface area contributed by atoms with Gasteiger partial charge in [-0.3, -0.25) is 4.79 Å². The van der Waals surface area contributed by atoms with Crippen molar-refractivity contribution in [1.29, 1.82) is 0 Å². The Morgan fingerprint density at radius 3 is 2.70 bits per heavy atom. The van der Waals surface area contributed by atoms with Crippen molar-refractivity contribution in [3.05, 3.63) is 46.3 Å². The van der Waals surface area contributed by atoms with Crippen molar-refractivity contribution in [2.24, 2.45) is 0 Å². The van der Waals surface area contributed by atoms with E-state index in [0.29, 0.717) is 17.0 Å². The molecule has 3 rings (SSSR count). The van der Waals surface area contributed by atoms with E-state index in [1.807, 2.05) is 18.2 Å². The molecule has 0 radical (unpaired) electrons. The molecule has 0 spiro atoms. The summed E-state index contributed by atoms with van der Waals surface area (Å²) in [6.45, 7) is 0. The van der Waals surface area contributed by atoms with Crippen molar-refractivity contribution in [3.8, 4) is 0 Å². The molecule has 1 aromatic carbocycles. The Bertz CT molecular complexity index is 786. The molecule has 1 aliphatic carbocycles. The molecule has 0 saturated heterocycles. The van der Waals surface area contributed by atoms with Crippen molar-refractivity contribution >= 4 is 40.0 Å². The number of thioether (sulfide) groups is 1. The minimum absolute atomic E-state index is 0.0368. The van der Waals surface area contributed by atoms with Gasteiger partial charge >= 0.3 is 5.97 Å². The van der Waals surface area contributed by atoms with Gasteiger partial charge in [-0.1, -0.05) is 24.6 Å². The van der Waals surface area contributed by atoms with Crippen LogP contribution < -0.4 is 5.32 Å². The number of rotatable bonds is 7. The Labute approximate surface area is 168 Å². The summed E-state index contributed by atoms with van der Waals surface area (Å²) in [6, 6.07) is 10.2. The second-order valence-corrected chi connectivity index (χ2v) is 8.85. The van der Waals surface area contributed by atoms with E-state index in [9.17, 15) is 9.59 Å². The van der Waals surface area contributed by atoms with E-state index in [1.54, 1.807) is 23.1 Å². The minimum Gasteiger partial charge on any atom is -0.465 e. The number of thiophene rings is 1. The lowest BCUT2D eigenvalue weighted by molar-refractivity contribution is -0.116. The van der Waals surface area contributed by atoms with Gasteiger partial charge in [0.1, 0.15) is 5.00 Å². The average Bonchev–Trinajstić information content (AvgIpc) is 2.86. The number of aryl methyl sites for hydroxylation is 1. The quantitative estimate of drug-likeness (QED) is 0.294. The molecule has 1 aromatic heterocycles. The highest BCUT2D eigenvalue weighted by atomic mass is 32.2. The van der Waals surface area contributed by atoms with E-state index in [4.69, 9.17) is 4.74 Å². The van der Waals surface area contributed by atoms with Crippen LogP contribution in [0.3, 0.4) is 0 Å². The Hall–Kier alpha value is -1.79. The summed E-state index contributed by atoms with van der Waals surface area (Å²) in [5.41, 5.74) is 1.66. The summed E-state index contributed by atoms with van der Waals surface area (Å²) >= 11 is 3.30. The summed E-state index contributed by atoms with van der Waals surface area (Å²) in [6.07, 6.45) is 6.51. The van der Waals surface area contributed by atoms with Crippen LogP contribution in [0, 0.1) is 0 Å². The van der Waals surface area contributed by atoms with Crippen LogP contribution >= 0.6 is 23.1 Å². The molecule has 1 amide bonds. The zero-order valence-electron chi connectivity index (χ0n) is 15.6. The first-order valence-electron chi connectivity index (χ1n) is 9.39. The molecule has 144 valence electrons. The predicted octanol–water partition coefficient (Wildman–Crippen LogP) is 5.31. The summed E-state index contributed by atoms with van der Waals surface area (Å²) < 4.78 is 4.98. The molecule has 2 aromatic rings. The SMILES string of the molecule is COC(=O)c1c(NC(=O)CCCSc2ccccc2)sc2c1CCCCC2. The van der Waals surface area contributed by atoms with Crippen molar-refractivity contribution < 1.29 is 14.3 Å². The van der Waals surface area contributed by atoms with Crippen LogP contribution in [-0.4, -0.2) is 24.7 Å². The highest BCUT2D eigenvalue weighted by Gasteiger charge is 2.26. The molecule has 27 heavy (non-hydrogen) atoms. The smallest absolute Gasteiger partial charge is 0.341 e. The van der Waals surface area contributed by atoms with Gasteiger partial charge in [-0.2, -0.15) is 0 Å². The maximum absolute atomic E-state index is 12.4. The molecule has 0 bridgehead atoms. The van der Waals surface area contributed by atoms with Crippen LogP contribution in [-0.2, 0) is 22.4 Å². The molecule has 6 heteroatoms. The Kier molecular flexibility index (Phi) is 7.35. The maximum atomic E-state index is 12.4. The lowest BCUT2D eigenvalue weighted by Crippen LogP contribution is -2.14. The first kappa shape index (κ1) is 20.0. The molecule has 1 heterocycles. The van der Waals surface area contributed by atoms with Gasteiger partial charge in [0.15, 0.2) is 0 Å². The molecule has 0 saturated carbocycles. The number of fused-ring (bicyclic) bond motifs is 1. The summed E-state index contributed by atoms with van der Waals surface area (Å²) in [4.78, 5) is 27.2. The Morgan fingerprint density at radius 1 is 1.15 bits per heavy atom. The molecule has 0 aliphatic heterocycles. The fourth-order valence-corrected chi connectivity index (χ4v) is 5.44. The third kappa shape index (κ3) is 5.36. The van der Waals surface area contributed by atoms with E-state index in [-0.39, 0.29) is 11.9 Å². The third-order valence-corrected chi connectivity index (χ3v) is 6.93. The topological polar surface area (TPSA) is 55.4 Å². The maximum Gasteiger partial charge on any atom is 0.341 e. The van der Waals surface area contributed by atoms with E-state index in [2.05, 4.69) is 17.4 Å². The summed E-state index contributed by atoms with van der Waals surface area (Å²) in [5.74, 6) is 0.511. The second kappa shape index (κ2) is 9.95. The lowest BCUT2D eigenvalue weighted by Gasteiger charge is -2.07. The zero-order valence-corrected chi connectivity index (χ0v) is 17.2. The molecule has 4 nitrogen and oxygen atoms in total. The predicted molar refractivity (Wildman–Crippen MR) is 112 cm³/mol. The number of carbonyl (C=O) groups is 2. The Balaban J connectivity index is 1.59. The first-order chi connectivity index (χ1) is 13.2. The van der Waals surface area contributed by atoms with Gasteiger partial charge < -0.3 is 10.1 Å². The number of nitrogens with one attached hydrogen (secondary N) is 1. The van der Waals surface area contributed by atoms with Crippen LogP contribution in [0.25, 0.3) is 0 Å². The minimum atomic E-state index is -0.343. The molecule has 0 unspecified atom stereocenters. The molecule has 1 aliphatic rings. The monoisotopic (exact) mass is 403 g/mol. The summed E-state index contributed by atoms with van der Waals surface area (Å²) in [5, 5.41) is 3.63. The highest BCUT2D eigenvalue weighted by molar-refractivity contribution is 7.99. The van der Waals surface area contributed by atoms with E-state index < -0.39 is 0 Å². The molecular formula is C21H25NO3S2. The van der Waals surface area contributed by atoms with E-state index in [1.165, 1.54) is 23.3 Å². The van der Waals surface area contributed by atoms with Crippen molar-refractivity contribution in [2.75, 3.05) is 18.2 Å². The van der Waals surface area contributed by atoms with Crippen LogP contribution in [0.4, 0.5) is 5.00 Å².